The average Bonchev–Trinajstić information content (AvgIpc) is 2.30. The largest absolute Gasteiger partial charge is 0.0916 e. The Morgan fingerprint density at radius 1 is 1.20 bits per heavy atom. The van der Waals surface area contributed by atoms with Gasteiger partial charge in [-0.2, -0.15) is 0 Å². The van der Waals surface area contributed by atoms with Gasteiger partial charge in [0.1, 0.15) is 0 Å². The van der Waals surface area contributed by atoms with Crippen molar-refractivity contribution in [2.24, 2.45) is 0 Å². The molecule has 0 saturated carbocycles. The fourth-order valence-electron chi connectivity index (χ4n) is 1.90. The lowest BCUT2D eigenvalue weighted by atomic mass is 9.90. The van der Waals surface area contributed by atoms with Crippen molar-refractivity contribution in [3.05, 3.63) is 48.0 Å². The Hall–Kier alpha value is -1.04. The summed E-state index contributed by atoms with van der Waals surface area (Å²) in [5.41, 5.74) is 1.49. The van der Waals surface area contributed by atoms with Crippen molar-refractivity contribution in [2.75, 3.05) is 0 Å². The van der Waals surface area contributed by atoms with E-state index in [0.29, 0.717) is 5.92 Å². The topological polar surface area (TPSA) is 0 Å². The summed E-state index contributed by atoms with van der Waals surface area (Å²) < 4.78 is 0. The maximum Gasteiger partial charge on any atom is -0.0127 e. The number of hydrogen-bond donors (Lipinski definition) is 0. The van der Waals surface area contributed by atoms with Gasteiger partial charge in [0.25, 0.3) is 0 Å². The molecule has 0 aromatic heterocycles. The van der Waals surface area contributed by atoms with Gasteiger partial charge in [-0.3, -0.25) is 0 Å². The predicted octanol–water partition coefficient (Wildman–Crippen LogP) is 4.93. The summed E-state index contributed by atoms with van der Waals surface area (Å²) in [4.78, 5) is 0. The van der Waals surface area contributed by atoms with Gasteiger partial charge in [0.2, 0.25) is 0 Å². The predicted molar refractivity (Wildman–Crippen MR) is 68.1 cm³/mol. The molecule has 1 atom stereocenters. The minimum atomic E-state index is 0.711. The zero-order valence-corrected chi connectivity index (χ0v) is 9.95. The molecule has 0 heterocycles. The maximum atomic E-state index is 2.29. The zero-order chi connectivity index (χ0) is 10.9. The first-order valence-electron chi connectivity index (χ1n) is 6.04. The summed E-state index contributed by atoms with van der Waals surface area (Å²) in [5, 5.41) is 0. The Kier molecular flexibility index (Phi) is 5.84. The van der Waals surface area contributed by atoms with Gasteiger partial charge in [-0.05, 0) is 31.2 Å². The minimum absolute atomic E-state index is 0.711. The van der Waals surface area contributed by atoms with Crippen molar-refractivity contribution in [3.63, 3.8) is 0 Å². The lowest BCUT2D eigenvalue weighted by Crippen LogP contribution is -1.97. The van der Waals surface area contributed by atoms with E-state index in [1.807, 2.05) is 0 Å². The molecule has 0 spiro atoms. The summed E-state index contributed by atoms with van der Waals surface area (Å²) >= 11 is 0. The molecule has 0 aliphatic carbocycles. The number of allylic oxidation sites excluding steroid dienone is 2. The Morgan fingerprint density at radius 3 is 2.53 bits per heavy atom. The molecule has 0 fully saturated rings. The van der Waals surface area contributed by atoms with Crippen LogP contribution < -0.4 is 0 Å². The third-order valence-corrected chi connectivity index (χ3v) is 2.83. The van der Waals surface area contributed by atoms with Crippen LogP contribution in [0.3, 0.4) is 0 Å². The van der Waals surface area contributed by atoms with Gasteiger partial charge >= 0.3 is 0 Å². The van der Waals surface area contributed by atoms with E-state index < -0.39 is 0 Å². The standard InChI is InChI=1S/C15H22/c1-3-5-10-14(11-6-4-2)15-12-8-7-9-13-15/h3,5,7-9,12-14H,4,6,10-11H2,1-2H3. The highest BCUT2D eigenvalue weighted by Gasteiger charge is 2.08. The molecule has 0 aliphatic heterocycles. The molecule has 15 heavy (non-hydrogen) atoms. The van der Waals surface area contributed by atoms with Crippen molar-refractivity contribution >= 4 is 0 Å². The van der Waals surface area contributed by atoms with E-state index in [4.69, 9.17) is 0 Å². The van der Waals surface area contributed by atoms with Crippen LogP contribution in [0.1, 0.15) is 51.0 Å². The van der Waals surface area contributed by atoms with Crippen molar-refractivity contribution in [2.45, 2.75) is 45.4 Å². The Bertz CT molecular complexity index is 271. The van der Waals surface area contributed by atoms with Crippen molar-refractivity contribution < 1.29 is 0 Å². The first-order valence-corrected chi connectivity index (χ1v) is 6.04. The second-order valence-electron chi connectivity index (χ2n) is 4.05. The lowest BCUT2D eigenvalue weighted by molar-refractivity contribution is 0.589. The molecule has 0 N–H and O–H groups in total. The van der Waals surface area contributed by atoms with E-state index in [9.17, 15) is 0 Å². The number of unbranched alkanes of at least 4 members (excludes halogenated alkanes) is 1. The van der Waals surface area contributed by atoms with Crippen LogP contribution in [-0.4, -0.2) is 0 Å². The fourth-order valence-corrected chi connectivity index (χ4v) is 1.90. The molecular formula is C15H22. The first kappa shape index (κ1) is 12.0. The molecule has 0 nitrogen and oxygen atoms in total. The van der Waals surface area contributed by atoms with Gasteiger partial charge < -0.3 is 0 Å². The normalized spacial score (nSPS) is 13.2. The Morgan fingerprint density at radius 2 is 1.93 bits per heavy atom. The SMILES string of the molecule is CC=CCC(CCCC)c1ccccc1. The highest BCUT2D eigenvalue weighted by atomic mass is 14.1. The van der Waals surface area contributed by atoms with Crippen LogP contribution in [0.25, 0.3) is 0 Å². The molecule has 1 rings (SSSR count). The van der Waals surface area contributed by atoms with Crippen LogP contribution in [-0.2, 0) is 0 Å². The zero-order valence-electron chi connectivity index (χ0n) is 9.95. The van der Waals surface area contributed by atoms with Gasteiger partial charge in [-0.25, -0.2) is 0 Å². The van der Waals surface area contributed by atoms with E-state index >= 15 is 0 Å². The maximum absolute atomic E-state index is 2.29. The van der Waals surface area contributed by atoms with Crippen molar-refractivity contribution in [1.29, 1.82) is 0 Å². The summed E-state index contributed by atoms with van der Waals surface area (Å²) in [7, 11) is 0. The van der Waals surface area contributed by atoms with Crippen LogP contribution in [0.2, 0.25) is 0 Å². The van der Waals surface area contributed by atoms with E-state index in [1.54, 1.807) is 0 Å². The molecule has 0 heteroatoms. The molecule has 82 valence electrons. The second-order valence-corrected chi connectivity index (χ2v) is 4.05. The summed E-state index contributed by atoms with van der Waals surface area (Å²) in [6.45, 7) is 4.36. The third-order valence-electron chi connectivity index (χ3n) is 2.83. The van der Waals surface area contributed by atoms with Crippen LogP contribution in [0, 0.1) is 0 Å². The van der Waals surface area contributed by atoms with Crippen LogP contribution in [0.4, 0.5) is 0 Å². The summed E-state index contributed by atoms with van der Waals surface area (Å²) in [5.74, 6) is 0.711. The molecule has 0 aliphatic rings. The van der Waals surface area contributed by atoms with Crippen LogP contribution in [0.15, 0.2) is 42.5 Å². The Balaban J connectivity index is 2.63. The number of rotatable bonds is 6. The molecular weight excluding hydrogens is 180 g/mol. The van der Waals surface area contributed by atoms with E-state index in [-0.39, 0.29) is 0 Å². The lowest BCUT2D eigenvalue weighted by Gasteiger charge is -2.14. The van der Waals surface area contributed by atoms with Gasteiger partial charge in [0.15, 0.2) is 0 Å². The quantitative estimate of drug-likeness (QED) is 0.574. The first-order chi connectivity index (χ1) is 7.38. The molecule has 1 aromatic carbocycles. The number of benzene rings is 1. The average molecular weight is 202 g/mol. The fraction of sp³-hybridized carbons (Fsp3) is 0.467. The highest BCUT2D eigenvalue weighted by molar-refractivity contribution is 5.20. The van der Waals surface area contributed by atoms with E-state index in [2.05, 4.69) is 56.3 Å². The summed E-state index contributed by atoms with van der Waals surface area (Å²) in [6, 6.07) is 10.9. The van der Waals surface area contributed by atoms with E-state index in [0.717, 1.165) is 0 Å². The summed E-state index contributed by atoms with van der Waals surface area (Å²) in [6.07, 6.45) is 9.55. The van der Waals surface area contributed by atoms with Crippen LogP contribution in [0.5, 0.6) is 0 Å². The number of hydrogen-bond acceptors (Lipinski definition) is 0. The monoisotopic (exact) mass is 202 g/mol. The smallest absolute Gasteiger partial charge is 0.0127 e. The molecule has 0 radical (unpaired) electrons. The van der Waals surface area contributed by atoms with Gasteiger partial charge in [-0.1, -0.05) is 62.2 Å². The van der Waals surface area contributed by atoms with Crippen LogP contribution >= 0.6 is 0 Å². The minimum Gasteiger partial charge on any atom is -0.0916 e. The van der Waals surface area contributed by atoms with Crippen molar-refractivity contribution in [3.8, 4) is 0 Å². The second kappa shape index (κ2) is 7.28. The molecule has 0 amide bonds. The van der Waals surface area contributed by atoms with Gasteiger partial charge in [0.05, 0.1) is 0 Å². The third kappa shape index (κ3) is 4.33. The molecule has 0 bridgehead atoms. The molecule has 0 saturated heterocycles. The molecule has 1 unspecified atom stereocenters. The van der Waals surface area contributed by atoms with Crippen molar-refractivity contribution in [1.82, 2.24) is 0 Å². The molecule has 1 aromatic rings. The highest BCUT2D eigenvalue weighted by Crippen LogP contribution is 2.25. The van der Waals surface area contributed by atoms with Gasteiger partial charge in [-0.15, -0.1) is 0 Å². The van der Waals surface area contributed by atoms with E-state index in [1.165, 1.54) is 31.2 Å². The van der Waals surface area contributed by atoms with Gasteiger partial charge in [0, 0.05) is 0 Å². The Labute approximate surface area is 94.0 Å².